The maximum absolute atomic E-state index is 11.4. The molecule has 1 atom stereocenters. The van der Waals surface area contributed by atoms with E-state index in [1.807, 2.05) is 0 Å². The third-order valence-electron chi connectivity index (χ3n) is 4.55. The number of methoxy groups -OCH3 is 1. The normalized spacial score (nSPS) is 22.5. The molecule has 1 unspecified atom stereocenters. The smallest absolute Gasteiger partial charge is 0.337 e. The van der Waals surface area contributed by atoms with Crippen LogP contribution in [0.2, 0.25) is 0 Å². The molecule has 2 fully saturated rings. The summed E-state index contributed by atoms with van der Waals surface area (Å²) in [6, 6.07) is 7.34. The number of carbonyl (C=O) groups excluding carboxylic acids is 1. The number of likely N-dealkylation sites (tertiary alicyclic amines) is 1. The van der Waals surface area contributed by atoms with Crippen molar-refractivity contribution in [3.05, 3.63) is 29.8 Å². The van der Waals surface area contributed by atoms with Gasteiger partial charge in [0.1, 0.15) is 12.4 Å². The Bertz CT molecular complexity index is 527. The fraction of sp³-hybridized carbons (Fsp3) is 0.611. The number of piperidine rings is 1. The highest BCUT2D eigenvalue weighted by atomic mass is 16.7. The van der Waals surface area contributed by atoms with Crippen molar-refractivity contribution >= 4 is 5.97 Å². The summed E-state index contributed by atoms with van der Waals surface area (Å²) in [4.78, 5) is 13.8. The van der Waals surface area contributed by atoms with Crippen molar-refractivity contribution in [1.29, 1.82) is 0 Å². The van der Waals surface area contributed by atoms with Crippen molar-refractivity contribution in [2.45, 2.75) is 31.6 Å². The number of ether oxygens (including phenoxy) is 4. The number of nitrogens with zero attached hydrogens (tertiary/aromatic N) is 1. The Morgan fingerprint density at radius 3 is 2.67 bits per heavy atom. The molecule has 132 valence electrons. The van der Waals surface area contributed by atoms with Gasteiger partial charge in [-0.1, -0.05) is 6.42 Å². The Kier molecular flexibility index (Phi) is 6.07. The summed E-state index contributed by atoms with van der Waals surface area (Å²) in [7, 11) is 1.37. The predicted octanol–water partition coefficient (Wildman–Crippen LogP) is 2.08. The molecule has 6 heteroatoms. The summed E-state index contributed by atoms with van der Waals surface area (Å²) in [6.45, 7) is 3.88. The zero-order valence-electron chi connectivity index (χ0n) is 14.1. The Morgan fingerprint density at radius 1 is 1.21 bits per heavy atom. The lowest BCUT2D eigenvalue weighted by atomic mass is 10.0. The van der Waals surface area contributed by atoms with Crippen LogP contribution in [0.15, 0.2) is 24.3 Å². The largest absolute Gasteiger partial charge is 0.492 e. The lowest BCUT2D eigenvalue weighted by molar-refractivity contribution is -0.110. The van der Waals surface area contributed by atoms with Gasteiger partial charge in [0, 0.05) is 6.54 Å². The molecule has 1 aromatic rings. The quantitative estimate of drug-likeness (QED) is 0.742. The molecule has 2 saturated heterocycles. The number of esters is 1. The van der Waals surface area contributed by atoms with Crippen LogP contribution in [0.3, 0.4) is 0 Å². The molecule has 0 bridgehead atoms. The topological polar surface area (TPSA) is 57.2 Å². The maximum atomic E-state index is 11.4. The van der Waals surface area contributed by atoms with Crippen molar-refractivity contribution in [3.8, 4) is 5.75 Å². The zero-order chi connectivity index (χ0) is 16.8. The van der Waals surface area contributed by atoms with Crippen molar-refractivity contribution in [3.63, 3.8) is 0 Å². The SMILES string of the molecule is COC(=O)c1ccc(OCCN2CCCCC2C2OCCO2)cc1. The van der Waals surface area contributed by atoms with Gasteiger partial charge >= 0.3 is 5.97 Å². The van der Waals surface area contributed by atoms with Crippen LogP contribution in [0.25, 0.3) is 0 Å². The van der Waals surface area contributed by atoms with Crippen molar-refractivity contribution in [1.82, 2.24) is 4.90 Å². The molecule has 24 heavy (non-hydrogen) atoms. The highest BCUT2D eigenvalue weighted by Crippen LogP contribution is 2.24. The van der Waals surface area contributed by atoms with E-state index >= 15 is 0 Å². The van der Waals surface area contributed by atoms with E-state index in [2.05, 4.69) is 9.64 Å². The van der Waals surface area contributed by atoms with E-state index in [9.17, 15) is 4.79 Å². The number of rotatable bonds is 6. The van der Waals surface area contributed by atoms with Gasteiger partial charge in [0.25, 0.3) is 0 Å². The minimum Gasteiger partial charge on any atom is -0.492 e. The van der Waals surface area contributed by atoms with Gasteiger partial charge in [-0.15, -0.1) is 0 Å². The van der Waals surface area contributed by atoms with Crippen LogP contribution in [0.1, 0.15) is 29.6 Å². The van der Waals surface area contributed by atoms with Crippen molar-refractivity contribution < 1.29 is 23.7 Å². The van der Waals surface area contributed by atoms with Gasteiger partial charge in [-0.3, -0.25) is 4.90 Å². The summed E-state index contributed by atoms with van der Waals surface area (Å²) in [5.74, 6) is 0.416. The Morgan fingerprint density at radius 2 is 1.96 bits per heavy atom. The van der Waals surface area contributed by atoms with Gasteiger partial charge in [0.05, 0.1) is 31.9 Å². The molecule has 6 nitrogen and oxygen atoms in total. The monoisotopic (exact) mass is 335 g/mol. The average Bonchev–Trinajstić information content (AvgIpc) is 3.16. The summed E-state index contributed by atoms with van der Waals surface area (Å²) < 4.78 is 21.9. The molecular weight excluding hydrogens is 310 g/mol. The van der Waals surface area contributed by atoms with Crippen LogP contribution in [-0.2, 0) is 14.2 Å². The average molecular weight is 335 g/mol. The molecule has 3 rings (SSSR count). The van der Waals surface area contributed by atoms with Gasteiger partial charge in [-0.25, -0.2) is 4.79 Å². The van der Waals surface area contributed by atoms with Crippen LogP contribution >= 0.6 is 0 Å². The fourth-order valence-corrected chi connectivity index (χ4v) is 3.29. The van der Waals surface area contributed by atoms with Gasteiger partial charge in [-0.05, 0) is 43.7 Å². The van der Waals surface area contributed by atoms with Crippen LogP contribution in [0, 0.1) is 0 Å². The maximum Gasteiger partial charge on any atom is 0.337 e. The van der Waals surface area contributed by atoms with Crippen LogP contribution in [-0.4, -0.2) is 63.2 Å². The number of hydrogen-bond acceptors (Lipinski definition) is 6. The van der Waals surface area contributed by atoms with Gasteiger partial charge in [-0.2, -0.15) is 0 Å². The molecule has 2 aliphatic rings. The second kappa shape index (κ2) is 8.46. The molecule has 0 aromatic heterocycles. The first-order valence-electron chi connectivity index (χ1n) is 8.56. The molecule has 0 radical (unpaired) electrons. The summed E-state index contributed by atoms with van der Waals surface area (Å²) in [5, 5.41) is 0. The first-order chi connectivity index (χ1) is 11.8. The van der Waals surface area contributed by atoms with E-state index < -0.39 is 0 Å². The summed E-state index contributed by atoms with van der Waals surface area (Å²) in [5.41, 5.74) is 0.525. The van der Waals surface area contributed by atoms with Gasteiger partial charge in [0.15, 0.2) is 6.29 Å². The second-order valence-electron chi connectivity index (χ2n) is 6.07. The third kappa shape index (κ3) is 4.26. The molecule has 0 spiro atoms. The van der Waals surface area contributed by atoms with Crippen LogP contribution < -0.4 is 4.74 Å². The third-order valence-corrected chi connectivity index (χ3v) is 4.55. The fourth-order valence-electron chi connectivity index (χ4n) is 3.29. The first kappa shape index (κ1) is 17.2. The minimum atomic E-state index is -0.339. The lowest BCUT2D eigenvalue weighted by Gasteiger charge is -2.37. The summed E-state index contributed by atoms with van der Waals surface area (Å²) in [6.07, 6.45) is 3.44. The van der Waals surface area contributed by atoms with Crippen molar-refractivity contribution in [2.24, 2.45) is 0 Å². The number of benzene rings is 1. The summed E-state index contributed by atoms with van der Waals surface area (Å²) >= 11 is 0. The molecule has 0 amide bonds. The molecular formula is C18H25NO5. The molecule has 2 aliphatic heterocycles. The number of hydrogen-bond donors (Lipinski definition) is 0. The van der Waals surface area contributed by atoms with E-state index in [1.165, 1.54) is 20.0 Å². The van der Waals surface area contributed by atoms with E-state index in [4.69, 9.17) is 14.2 Å². The molecule has 0 aliphatic carbocycles. The molecule has 0 N–H and O–H groups in total. The molecule has 1 aromatic carbocycles. The van der Waals surface area contributed by atoms with Gasteiger partial charge < -0.3 is 18.9 Å². The van der Waals surface area contributed by atoms with Crippen LogP contribution in [0.4, 0.5) is 0 Å². The van der Waals surface area contributed by atoms with Gasteiger partial charge in [0.2, 0.25) is 0 Å². The van der Waals surface area contributed by atoms with Crippen LogP contribution in [0.5, 0.6) is 5.75 Å². The minimum absolute atomic E-state index is 0.0929. The van der Waals surface area contributed by atoms with E-state index in [0.29, 0.717) is 31.4 Å². The highest BCUT2D eigenvalue weighted by molar-refractivity contribution is 5.89. The highest BCUT2D eigenvalue weighted by Gasteiger charge is 2.33. The molecule has 2 heterocycles. The first-order valence-corrected chi connectivity index (χ1v) is 8.56. The Labute approximate surface area is 142 Å². The Hall–Kier alpha value is -1.63. The van der Waals surface area contributed by atoms with E-state index in [0.717, 1.165) is 25.3 Å². The molecule has 0 saturated carbocycles. The Balaban J connectivity index is 1.48. The zero-order valence-corrected chi connectivity index (χ0v) is 14.1. The van der Waals surface area contributed by atoms with Crippen molar-refractivity contribution in [2.75, 3.05) is 40.0 Å². The predicted molar refractivity (Wildman–Crippen MR) is 88.2 cm³/mol. The standard InChI is InChI=1S/C18H25NO5/c1-21-17(20)14-5-7-15(8-6-14)22-11-10-19-9-3-2-4-16(19)18-23-12-13-24-18/h5-8,16,18H,2-4,9-13H2,1H3. The van der Waals surface area contributed by atoms with E-state index in [-0.39, 0.29) is 12.3 Å². The lowest BCUT2D eigenvalue weighted by Crippen LogP contribution is -2.48. The van der Waals surface area contributed by atoms with E-state index in [1.54, 1.807) is 24.3 Å². The number of carbonyl (C=O) groups is 1. The second-order valence-corrected chi connectivity index (χ2v) is 6.07.